The molecule has 21 heavy (non-hydrogen) atoms. The molecule has 0 aromatic carbocycles. The maximum absolute atomic E-state index is 14.3. The van der Waals surface area contributed by atoms with Gasteiger partial charge in [0.1, 0.15) is 17.2 Å². The first-order valence-corrected chi connectivity index (χ1v) is 6.35. The maximum atomic E-state index is 14.3. The Morgan fingerprint density at radius 2 is 2.19 bits per heavy atom. The van der Waals surface area contributed by atoms with Crippen LogP contribution in [0.5, 0.6) is 0 Å². The topological polar surface area (TPSA) is 93.3 Å². The highest BCUT2D eigenvalue weighted by Gasteiger charge is 2.53. The normalized spacial score (nSPS) is 33.0. The number of aliphatic hydroxyl groups is 2. The van der Waals surface area contributed by atoms with Crippen molar-refractivity contribution in [3.05, 3.63) is 18.1 Å². The molecule has 2 N–H and O–H groups in total. The molecule has 3 heterocycles. The van der Waals surface area contributed by atoms with E-state index in [1.54, 1.807) is 6.92 Å². The van der Waals surface area contributed by atoms with E-state index in [0.29, 0.717) is 11.2 Å². The van der Waals surface area contributed by atoms with Crippen LogP contribution in [0, 0.1) is 13.0 Å². The number of nitrogens with zero attached hydrogens (tertiary/aromatic N) is 4. The molecule has 0 bridgehead atoms. The molecule has 0 unspecified atom stereocenters. The summed E-state index contributed by atoms with van der Waals surface area (Å²) in [5.41, 5.74) is -0.738. The second-order valence-electron chi connectivity index (χ2n) is 5.27. The van der Waals surface area contributed by atoms with Crippen molar-refractivity contribution in [3.63, 3.8) is 0 Å². The monoisotopic (exact) mass is 300 g/mol. The largest absolute Gasteiger partial charge is 0.393 e. The molecular weight excluding hydrogens is 286 g/mol. The van der Waals surface area contributed by atoms with Gasteiger partial charge < -0.3 is 14.9 Å². The van der Waals surface area contributed by atoms with Gasteiger partial charge in [-0.25, -0.2) is 14.4 Å². The van der Waals surface area contributed by atoms with Gasteiger partial charge in [-0.15, -0.1) is 0 Å². The molecule has 2 aromatic heterocycles. The number of ether oxygens (including phenoxy) is 1. The first-order valence-electron chi connectivity index (χ1n) is 6.35. The fourth-order valence-electron chi connectivity index (χ4n) is 2.45. The number of hydrogen-bond donors (Lipinski definition) is 2. The molecule has 114 valence electrons. The fraction of sp³-hybridized carbons (Fsp3) is 0.583. The van der Waals surface area contributed by atoms with Crippen LogP contribution in [0.25, 0.3) is 11.2 Å². The minimum absolute atomic E-state index is 0.0713. The predicted molar refractivity (Wildman–Crippen MR) is 66.5 cm³/mol. The first-order chi connectivity index (χ1) is 9.87. The lowest BCUT2D eigenvalue weighted by molar-refractivity contribution is -0.115. The summed E-state index contributed by atoms with van der Waals surface area (Å²) >= 11 is 0. The smallest absolute Gasteiger partial charge is 0.310 e. The molecule has 1 saturated heterocycles. The summed E-state index contributed by atoms with van der Waals surface area (Å²) in [6, 6.07) is 0. The summed E-state index contributed by atoms with van der Waals surface area (Å²) in [4.78, 5) is 11.2. The molecule has 7 nitrogen and oxygen atoms in total. The lowest BCUT2D eigenvalue weighted by atomic mass is 9.99. The number of aromatic nitrogens is 4. The Bertz CT molecular complexity index is 694. The lowest BCUT2D eigenvalue weighted by Crippen LogP contribution is -2.42. The first kappa shape index (κ1) is 14.2. The second-order valence-corrected chi connectivity index (χ2v) is 5.27. The number of aryl methyl sites for hydroxylation is 1. The number of rotatable bonds is 2. The van der Waals surface area contributed by atoms with Crippen LogP contribution >= 0.6 is 0 Å². The highest BCUT2D eigenvalue weighted by atomic mass is 19.1. The van der Waals surface area contributed by atoms with Crippen molar-refractivity contribution in [1.29, 1.82) is 0 Å². The van der Waals surface area contributed by atoms with Gasteiger partial charge >= 0.3 is 6.08 Å². The summed E-state index contributed by atoms with van der Waals surface area (Å²) in [5.74, 6) is 0. The van der Waals surface area contributed by atoms with Crippen LogP contribution in [0.2, 0.25) is 0 Å². The number of aliphatic hydroxyl groups excluding tert-OH is 2. The molecule has 0 aliphatic carbocycles. The van der Waals surface area contributed by atoms with Crippen LogP contribution in [-0.4, -0.2) is 54.2 Å². The van der Waals surface area contributed by atoms with Gasteiger partial charge in [0.2, 0.25) is 0 Å². The van der Waals surface area contributed by atoms with E-state index in [1.807, 2.05) is 0 Å². The van der Waals surface area contributed by atoms with Crippen LogP contribution in [0.4, 0.5) is 8.78 Å². The van der Waals surface area contributed by atoms with Crippen molar-refractivity contribution in [1.82, 2.24) is 19.5 Å². The van der Waals surface area contributed by atoms with E-state index in [4.69, 9.17) is 4.74 Å². The summed E-state index contributed by atoms with van der Waals surface area (Å²) < 4.78 is 34.2. The number of alkyl halides is 1. The second kappa shape index (κ2) is 4.65. The SMILES string of the molecule is Cc1nc(F)nc2c1ncn2[C@@H]1O[C@](C)(CO)[C@@H](O)[C@H]1F. The zero-order chi connectivity index (χ0) is 15.4. The molecule has 4 atom stereocenters. The Kier molecular flexibility index (Phi) is 3.15. The Hall–Kier alpha value is -1.71. The van der Waals surface area contributed by atoms with Crippen LogP contribution < -0.4 is 0 Å². The van der Waals surface area contributed by atoms with E-state index in [1.165, 1.54) is 17.8 Å². The molecule has 0 spiro atoms. The van der Waals surface area contributed by atoms with Gasteiger partial charge in [0.25, 0.3) is 0 Å². The van der Waals surface area contributed by atoms with Crippen molar-refractivity contribution in [3.8, 4) is 0 Å². The van der Waals surface area contributed by atoms with Crippen LogP contribution in [0.15, 0.2) is 6.33 Å². The van der Waals surface area contributed by atoms with E-state index in [2.05, 4.69) is 15.0 Å². The summed E-state index contributed by atoms with van der Waals surface area (Å²) in [5, 5.41) is 19.1. The van der Waals surface area contributed by atoms with Crippen LogP contribution in [-0.2, 0) is 4.74 Å². The number of fused-ring (bicyclic) bond motifs is 1. The Labute approximate surface area is 118 Å². The number of halogens is 2. The van der Waals surface area contributed by atoms with Gasteiger partial charge in [-0.3, -0.25) is 4.57 Å². The average Bonchev–Trinajstić information content (AvgIpc) is 2.95. The summed E-state index contributed by atoms with van der Waals surface area (Å²) in [6.45, 7) is 2.39. The quantitative estimate of drug-likeness (QED) is 0.772. The molecule has 2 aromatic rings. The Balaban J connectivity index is 2.10. The average molecular weight is 300 g/mol. The van der Waals surface area contributed by atoms with Crippen LogP contribution in [0.1, 0.15) is 18.8 Å². The van der Waals surface area contributed by atoms with Crippen molar-refractivity contribution in [2.45, 2.75) is 38.0 Å². The van der Waals surface area contributed by atoms with Crippen molar-refractivity contribution < 1.29 is 23.7 Å². The zero-order valence-electron chi connectivity index (χ0n) is 11.4. The Morgan fingerprint density at radius 1 is 1.48 bits per heavy atom. The van der Waals surface area contributed by atoms with E-state index >= 15 is 0 Å². The van der Waals surface area contributed by atoms with Crippen LogP contribution in [0.3, 0.4) is 0 Å². The molecule has 0 saturated carbocycles. The number of imidazole rings is 1. The predicted octanol–water partition coefficient (Wildman–Crippen LogP) is 0.253. The molecule has 0 amide bonds. The highest BCUT2D eigenvalue weighted by molar-refractivity contribution is 5.72. The van der Waals surface area contributed by atoms with Crippen molar-refractivity contribution in [2.24, 2.45) is 0 Å². The van der Waals surface area contributed by atoms with Gasteiger partial charge in [-0.05, 0) is 13.8 Å². The van der Waals surface area contributed by atoms with Gasteiger partial charge in [-0.2, -0.15) is 9.37 Å². The highest BCUT2D eigenvalue weighted by Crippen LogP contribution is 2.39. The van der Waals surface area contributed by atoms with Gasteiger partial charge in [0.05, 0.1) is 18.6 Å². The summed E-state index contributed by atoms with van der Waals surface area (Å²) in [7, 11) is 0. The van der Waals surface area contributed by atoms with Gasteiger partial charge in [-0.1, -0.05) is 0 Å². The molecule has 3 rings (SSSR count). The molecule has 1 aliphatic rings. The third kappa shape index (κ3) is 2.00. The van der Waals surface area contributed by atoms with E-state index in [9.17, 15) is 19.0 Å². The minimum Gasteiger partial charge on any atom is -0.393 e. The third-order valence-corrected chi connectivity index (χ3v) is 3.75. The number of hydrogen-bond acceptors (Lipinski definition) is 6. The molecule has 1 fully saturated rings. The molecule has 0 radical (unpaired) electrons. The van der Waals surface area contributed by atoms with E-state index in [-0.39, 0.29) is 5.65 Å². The third-order valence-electron chi connectivity index (χ3n) is 3.75. The molecule has 1 aliphatic heterocycles. The van der Waals surface area contributed by atoms with Crippen molar-refractivity contribution in [2.75, 3.05) is 6.61 Å². The fourth-order valence-corrected chi connectivity index (χ4v) is 2.45. The minimum atomic E-state index is -1.81. The standard InChI is InChI=1S/C12H14F2N4O3/c1-5-7-9(17-11(14)16-5)18(4-15-7)10-6(13)8(20)12(2,3-19)21-10/h4,6,8,10,19-20H,3H2,1-2H3/t6-,8+,10-,12-/m1/s1. The lowest BCUT2D eigenvalue weighted by Gasteiger charge is -2.24. The zero-order valence-corrected chi connectivity index (χ0v) is 11.4. The molecule has 9 heteroatoms. The maximum Gasteiger partial charge on any atom is 0.310 e. The van der Waals surface area contributed by atoms with E-state index < -0.39 is 36.8 Å². The Morgan fingerprint density at radius 3 is 2.81 bits per heavy atom. The van der Waals surface area contributed by atoms with E-state index in [0.717, 1.165) is 0 Å². The summed E-state index contributed by atoms with van der Waals surface area (Å²) in [6.07, 6.45) is -4.29. The van der Waals surface area contributed by atoms with Gasteiger partial charge in [0, 0.05) is 0 Å². The van der Waals surface area contributed by atoms with Gasteiger partial charge in [0.15, 0.2) is 18.0 Å². The molecular formula is C12H14F2N4O3. The van der Waals surface area contributed by atoms with Crippen molar-refractivity contribution >= 4 is 11.2 Å².